The van der Waals surface area contributed by atoms with E-state index < -0.39 is 0 Å². The normalized spacial score (nSPS) is 20.3. The number of hydrogen-bond donors (Lipinski definition) is 1. The van der Waals surface area contributed by atoms with E-state index in [2.05, 4.69) is 22.1 Å². The van der Waals surface area contributed by atoms with Crippen molar-refractivity contribution in [1.82, 2.24) is 15.3 Å². The van der Waals surface area contributed by atoms with Crippen LogP contribution in [0.5, 0.6) is 0 Å². The molecule has 0 unspecified atom stereocenters. The van der Waals surface area contributed by atoms with Gasteiger partial charge in [-0.1, -0.05) is 0 Å². The molecule has 3 heterocycles. The molecule has 1 saturated heterocycles. The van der Waals surface area contributed by atoms with Crippen molar-refractivity contribution < 1.29 is 9.21 Å². The van der Waals surface area contributed by atoms with E-state index in [-0.39, 0.29) is 17.9 Å². The summed E-state index contributed by atoms with van der Waals surface area (Å²) in [4.78, 5) is 24.3. The third-order valence-electron chi connectivity index (χ3n) is 5.69. The van der Waals surface area contributed by atoms with Crippen molar-refractivity contribution in [3.63, 3.8) is 0 Å². The number of anilines is 1. The molecule has 2 aromatic heterocycles. The van der Waals surface area contributed by atoms with Gasteiger partial charge in [-0.3, -0.25) is 4.79 Å². The second kappa shape index (κ2) is 8.11. The van der Waals surface area contributed by atoms with Gasteiger partial charge in [-0.2, -0.15) is 0 Å². The number of aryl methyl sites for hydroxylation is 2. The topological polar surface area (TPSA) is 71.3 Å². The van der Waals surface area contributed by atoms with Crippen molar-refractivity contribution in [3.8, 4) is 0 Å². The smallest absolute Gasteiger partial charge is 0.225 e. The highest BCUT2D eigenvalue weighted by Crippen LogP contribution is 2.26. The maximum absolute atomic E-state index is 12.7. The van der Waals surface area contributed by atoms with E-state index in [0.717, 1.165) is 68.2 Å². The maximum Gasteiger partial charge on any atom is 0.225 e. The first kappa shape index (κ1) is 18.0. The van der Waals surface area contributed by atoms with Crippen molar-refractivity contribution >= 4 is 11.9 Å². The van der Waals surface area contributed by atoms with Crippen LogP contribution in [0.25, 0.3) is 0 Å². The second-order valence-electron chi connectivity index (χ2n) is 7.80. The standard InChI is InChI=1S/C21H28N4O2/c1-15(6-8-18-5-4-12-27-18)23-20(26)16-7-9-19-17(13-16)14-22-21(24-19)25-10-2-3-11-25/h4-5,12,14-16H,2-3,6-11,13H2,1H3,(H,23,26)/t15-,16-/m0/s1. The summed E-state index contributed by atoms with van der Waals surface area (Å²) < 4.78 is 5.36. The number of aromatic nitrogens is 2. The summed E-state index contributed by atoms with van der Waals surface area (Å²) in [5.41, 5.74) is 2.26. The molecule has 1 amide bonds. The Kier molecular flexibility index (Phi) is 5.41. The summed E-state index contributed by atoms with van der Waals surface area (Å²) in [7, 11) is 0. The Balaban J connectivity index is 1.31. The summed E-state index contributed by atoms with van der Waals surface area (Å²) in [6, 6.07) is 4.01. The molecule has 2 aromatic rings. The van der Waals surface area contributed by atoms with Crippen molar-refractivity contribution in [2.45, 2.75) is 57.9 Å². The Morgan fingerprint density at radius 3 is 3.04 bits per heavy atom. The molecule has 0 spiro atoms. The Bertz CT molecular complexity index is 768. The fraction of sp³-hybridized carbons (Fsp3) is 0.571. The molecule has 6 nitrogen and oxygen atoms in total. The zero-order valence-electron chi connectivity index (χ0n) is 16.0. The van der Waals surface area contributed by atoms with E-state index in [4.69, 9.17) is 9.40 Å². The minimum Gasteiger partial charge on any atom is -0.469 e. The number of rotatable bonds is 6. The number of carbonyl (C=O) groups excluding carboxylic acids is 1. The van der Waals surface area contributed by atoms with Crippen molar-refractivity contribution in [1.29, 1.82) is 0 Å². The molecule has 144 valence electrons. The third-order valence-corrected chi connectivity index (χ3v) is 5.69. The molecule has 6 heteroatoms. The Morgan fingerprint density at radius 2 is 2.26 bits per heavy atom. The highest BCUT2D eigenvalue weighted by molar-refractivity contribution is 5.79. The molecule has 0 saturated carbocycles. The zero-order chi connectivity index (χ0) is 18.6. The van der Waals surface area contributed by atoms with Gasteiger partial charge in [0.05, 0.1) is 6.26 Å². The van der Waals surface area contributed by atoms with Crippen LogP contribution in [-0.2, 0) is 24.1 Å². The number of fused-ring (bicyclic) bond motifs is 1. The molecule has 0 bridgehead atoms. The monoisotopic (exact) mass is 368 g/mol. The van der Waals surface area contributed by atoms with E-state index in [1.54, 1.807) is 6.26 Å². The van der Waals surface area contributed by atoms with Gasteiger partial charge in [0.1, 0.15) is 5.76 Å². The molecule has 2 aliphatic rings. The maximum atomic E-state index is 12.7. The first-order valence-corrected chi connectivity index (χ1v) is 10.1. The highest BCUT2D eigenvalue weighted by atomic mass is 16.3. The average Bonchev–Trinajstić information content (AvgIpc) is 3.39. The first-order chi connectivity index (χ1) is 13.2. The number of furan rings is 1. The summed E-state index contributed by atoms with van der Waals surface area (Å²) in [5.74, 6) is 2.00. The van der Waals surface area contributed by atoms with Gasteiger partial charge in [-0.05, 0) is 63.1 Å². The van der Waals surface area contributed by atoms with E-state index in [9.17, 15) is 4.79 Å². The molecule has 1 aliphatic carbocycles. The van der Waals surface area contributed by atoms with Crippen LogP contribution in [0.1, 0.15) is 49.6 Å². The summed E-state index contributed by atoms with van der Waals surface area (Å²) in [6.07, 6.45) is 10.3. The van der Waals surface area contributed by atoms with E-state index in [0.29, 0.717) is 0 Å². The third kappa shape index (κ3) is 4.31. The Hall–Kier alpha value is -2.37. The molecular weight excluding hydrogens is 340 g/mol. The predicted octanol–water partition coefficient (Wildman–Crippen LogP) is 2.91. The van der Waals surface area contributed by atoms with Gasteiger partial charge in [0.25, 0.3) is 0 Å². The van der Waals surface area contributed by atoms with Crippen LogP contribution in [0.2, 0.25) is 0 Å². The van der Waals surface area contributed by atoms with Gasteiger partial charge in [-0.15, -0.1) is 0 Å². The Labute approximate surface area is 160 Å². The van der Waals surface area contributed by atoms with E-state index in [1.165, 1.54) is 12.8 Å². The fourth-order valence-electron chi connectivity index (χ4n) is 4.04. The van der Waals surface area contributed by atoms with Crippen LogP contribution in [-0.4, -0.2) is 35.0 Å². The molecule has 4 rings (SSSR count). The lowest BCUT2D eigenvalue weighted by molar-refractivity contribution is -0.126. The molecule has 1 aliphatic heterocycles. The summed E-state index contributed by atoms with van der Waals surface area (Å²) in [5, 5.41) is 3.17. The molecule has 0 aromatic carbocycles. The van der Waals surface area contributed by atoms with Gasteiger partial charge in [-0.25, -0.2) is 9.97 Å². The lowest BCUT2D eigenvalue weighted by atomic mass is 9.86. The van der Waals surface area contributed by atoms with Crippen molar-refractivity contribution in [2.75, 3.05) is 18.0 Å². The number of hydrogen-bond acceptors (Lipinski definition) is 5. The number of nitrogens with zero attached hydrogens (tertiary/aromatic N) is 3. The van der Waals surface area contributed by atoms with Gasteiger partial charge < -0.3 is 14.6 Å². The van der Waals surface area contributed by atoms with Crippen molar-refractivity contribution in [2.24, 2.45) is 5.92 Å². The van der Waals surface area contributed by atoms with Crippen LogP contribution in [0, 0.1) is 5.92 Å². The molecular formula is C21H28N4O2. The lowest BCUT2D eigenvalue weighted by Crippen LogP contribution is -2.39. The van der Waals surface area contributed by atoms with E-state index in [1.807, 2.05) is 18.3 Å². The molecule has 2 atom stereocenters. The zero-order valence-corrected chi connectivity index (χ0v) is 16.0. The van der Waals surface area contributed by atoms with E-state index >= 15 is 0 Å². The van der Waals surface area contributed by atoms with Crippen LogP contribution < -0.4 is 10.2 Å². The molecule has 0 radical (unpaired) electrons. The SMILES string of the molecule is C[C@@H](CCc1ccco1)NC(=O)[C@H]1CCc2nc(N3CCCC3)ncc2C1. The van der Waals surface area contributed by atoms with Crippen molar-refractivity contribution in [3.05, 3.63) is 41.6 Å². The second-order valence-corrected chi connectivity index (χ2v) is 7.80. The molecule has 1 N–H and O–H groups in total. The number of nitrogens with one attached hydrogen (secondary N) is 1. The average molecular weight is 368 g/mol. The van der Waals surface area contributed by atoms with Crippen LogP contribution in [0.15, 0.2) is 29.0 Å². The predicted molar refractivity (Wildman–Crippen MR) is 104 cm³/mol. The fourth-order valence-corrected chi connectivity index (χ4v) is 4.04. The van der Waals surface area contributed by atoms with Crippen LogP contribution >= 0.6 is 0 Å². The summed E-state index contributed by atoms with van der Waals surface area (Å²) >= 11 is 0. The van der Waals surface area contributed by atoms with Crippen LogP contribution in [0.3, 0.4) is 0 Å². The van der Waals surface area contributed by atoms with Gasteiger partial charge >= 0.3 is 0 Å². The Morgan fingerprint density at radius 1 is 1.41 bits per heavy atom. The van der Waals surface area contributed by atoms with Crippen LogP contribution in [0.4, 0.5) is 5.95 Å². The highest BCUT2D eigenvalue weighted by Gasteiger charge is 2.27. The lowest BCUT2D eigenvalue weighted by Gasteiger charge is -2.26. The summed E-state index contributed by atoms with van der Waals surface area (Å²) in [6.45, 7) is 4.17. The minimum atomic E-state index is 0.0183. The molecule has 27 heavy (non-hydrogen) atoms. The quantitative estimate of drug-likeness (QED) is 0.849. The molecule has 1 fully saturated rings. The van der Waals surface area contributed by atoms with Gasteiger partial charge in [0.2, 0.25) is 11.9 Å². The van der Waals surface area contributed by atoms with Gasteiger partial charge in [0, 0.05) is 43.4 Å². The van der Waals surface area contributed by atoms with Gasteiger partial charge in [0.15, 0.2) is 0 Å². The minimum absolute atomic E-state index is 0.0183. The first-order valence-electron chi connectivity index (χ1n) is 10.1. The number of amides is 1. The largest absolute Gasteiger partial charge is 0.469 e. The number of carbonyl (C=O) groups is 1.